The average Bonchev–Trinajstić information content (AvgIpc) is 2.70. The molecule has 0 atom stereocenters. The summed E-state index contributed by atoms with van der Waals surface area (Å²) in [5, 5.41) is 2.88. The number of fused-ring (bicyclic) bond motifs is 1. The van der Waals surface area contributed by atoms with Crippen molar-refractivity contribution in [2.24, 2.45) is 13.0 Å². The van der Waals surface area contributed by atoms with Gasteiger partial charge in [-0.1, -0.05) is 25.6 Å². The van der Waals surface area contributed by atoms with E-state index in [-0.39, 0.29) is 33.4 Å². The molecule has 3 aromatic rings. The molecule has 0 spiro atoms. The highest BCUT2D eigenvalue weighted by atomic mass is 32.2. The lowest BCUT2D eigenvalue weighted by molar-refractivity contribution is -0.113. The first-order chi connectivity index (χ1) is 14.6. The molecule has 0 fully saturated rings. The number of carbonyl (C=O) groups excluding carboxylic acids is 1. The summed E-state index contributed by atoms with van der Waals surface area (Å²) < 4.78 is 28.8. The number of amides is 1. The third-order valence-corrected chi connectivity index (χ3v) is 5.33. The molecule has 0 aliphatic heterocycles. The molecule has 0 radical (unpaired) electrons. The number of aryl methyl sites for hydroxylation is 1. The van der Waals surface area contributed by atoms with E-state index < -0.39 is 28.8 Å². The van der Waals surface area contributed by atoms with Gasteiger partial charge < -0.3 is 5.32 Å². The molecule has 8 nitrogen and oxygen atoms in total. The number of nitrogens with one attached hydrogen (secondary N) is 1. The Morgan fingerprint density at radius 3 is 2.55 bits per heavy atom. The molecule has 0 saturated carbocycles. The van der Waals surface area contributed by atoms with Crippen LogP contribution in [0.15, 0.2) is 32.8 Å². The molecule has 2 heterocycles. The molecule has 1 aromatic carbocycles. The molecule has 0 bridgehead atoms. The number of carbonyl (C=O) groups is 1. The van der Waals surface area contributed by atoms with E-state index in [1.165, 1.54) is 17.7 Å². The van der Waals surface area contributed by atoms with Crippen molar-refractivity contribution in [3.8, 4) is 0 Å². The van der Waals surface area contributed by atoms with E-state index in [0.29, 0.717) is 12.4 Å². The zero-order chi connectivity index (χ0) is 22.9. The zero-order valence-electron chi connectivity index (χ0n) is 17.4. The zero-order valence-corrected chi connectivity index (χ0v) is 18.2. The van der Waals surface area contributed by atoms with Crippen LogP contribution in [0.3, 0.4) is 0 Å². The summed E-state index contributed by atoms with van der Waals surface area (Å²) >= 11 is 0.995. The van der Waals surface area contributed by atoms with Gasteiger partial charge in [-0.3, -0.25) is 18.7 Å². The lowest BCUT2D eigenvalue weighted by atomic mass is 10.2. The summed E-state index contributed by atoms with van der Waals surface area (Å²) in [5.41, 5.74) is -0.701. The maximum absolute atomic E-state index is 13.3. The van der Waals surface area contributed by atoms with E-state index in [1.54, 1.807) is 6.92 Å². The van der Waals surface area contributed by atoms with Gasteiger partial charge in [-0.05, 0) is 25.0 Å². The minimum Gasteiger partial charge on any atom is -0.325 e. The number of benzene rings is 1. The van der Waals surface area contributed by atoms with Gasteiger partial charge in [0.15, 0.2) is 17.3 Å². The fourth-order valence-corrected chi connectivity index (χ4v) is 3.84. The minimum atomic E-state index is -1.07. The van der Waals surface area contributed by atoms with Crippen LogP contribution in [-0.2, 0) is 18.4 Å². The van der Waals surface area contributed by atoms with Gasteiger partial charge in [0.1, 0.15) is 16.2 Å². The van der Waals surface area contributed by atoms with Crippen LogP contribution in [0.4, 0.5) is 14.5 Å². The highest BCUT2D eigenvalue weighted by Gasteiger charge is 2.19. The van der Waals surface area contributed by atoms with E-state index >= 15 is 0 Å². The van der Waals surface area contributed by atoms with Crippen LogP contribution in [-0.4, -0.2) is 30.8 Å². The van der Waals surface area contributed by atoms with Crippen molar-refractivity contribution in [3.05, 3.63) is 56.5 Å². The van der Waals surface area contributed by atoms with Crippen molar-refractivity contribution in [1.29, 1.82) is 0 Å². The monoisotopic (exact) mass is 449 g/mol. The van der Waals surface area contributed by atoms with E-state index in [0.717, 1.165) is 28.5 Å². The lowest BCUT2D eigenvalue weighted by Crippen LogP contribution is -2.39. The van der Waals surface area contributed by atoms with Crippen LogP contribution in [0, 0.1) is 24.5 Å². The van der Waals surface area contributed by atoms with Crippen LogP contribution in [0.1, 0.15) is 19.7 Å². The Hall–Kier alpha value is -3.08. The maximum Gasteiger partial charge on any atom is 0.332 e. The van der Waals surface area contributed by atoms with E-state index in [2.05, 4.69) is 15.3 Å². The van der Waals surface area contributed by atoms with Crippen LogP contribution < -0.4 is 16.6 Å². The van der Waals surface area contributed by atoms with Gasteiger partial charge in [0.25, 0.3) is 5.56 Å². The molecule has 3 rings (SSSR count). The van der Waals surface area contributed by atoms with Crippen molar-refractivity contribution in [1.82, 2.24) is 19.1 Å². The number of nitrogens with zero attached hydrogens (tertiary/aromatic N) is 4. The fraction of sp³-hybridized carbons (Fsp3) is 0.350. The second-order valence-electron chi connectivity index (χ2n) is 7.39. The van der Waals surface area contributed by atoms with Gasteiger partial charge in [0, 0.05) is 25.3 Å². The number of aromatic nitrogens is 4. The molecular formula is C20H21F2N5O3S. The van der Waals surface area contributed by atoms with Crippen LogP contribution in [0.5, 0.6) is 0 Å². The Labute approximate surface area is 180 Å². The fourth-order valence-electron chi connectivity index (χ4n) is 2.98. The number of halogens is 2. The van der Waals surface area contributed by atoms with Gasteiger partial charge in [0.2, 0.25) is 5.91 Å². The molecule has 1 amide bonds. The molecule has 0 saturated heterocycles. The Balaban J connectivity index is 1.95. The first-order valence-corrected chi connectivity index (χ1v) is 10.4. The normalized spacial score (nSPS) is 11.3. The molecule has 2 aromatic heterocycles. The average molecular weight is 449 g/mol. The first-order valence-electron chi connectivity index (χ1n) is 9.44. The second kappa shape index (κ2) is 8.96. The van der Waals surface area contributed by atoms with E-state index in [1.807, 2.05) is 13.8 Å². The molecule has 11 heteroatoms. The number of hydrogen-bond donors (Lipinski definition) is 1. The molecule has 0 aliphatic carbocycles. The van der Waals surface area contributed by atoms with E-state index in [9.17, 15) is 23.2 Å². The summed E-state index contributed by atoms with van der Waals surface area (Å²) in [5.74, 6) is -2.24. The summed E-state index contributed by atoms with van der Waals surface area (Å²) in [4.78, 5) is 46.3. The van der Waals surface area contributed by atoms with Gasteiger partial charge in [-0.15, -0.1) is 0 Å². The third-order valence-electron chi connectivity index (χ3n) is 4.35. The van der Waals surface area contributed by atoms with Crippen molar-refractivity contribution >= 4 is 34.4 Å². The molecule has 0 unspecified atom stereocenters. The number of anilines is 1. The molecule has 31 heavy (non-hydrogen) atoms. The molecular weight excluding hydrogens is 428 g/mol. The van der Waals surface area contributed by atoms with Gasteiger partial charge in [-0.2, -0.15) is 0 Å². The maximum atomic E-state index is 13.3. The Kier molecular flexibility index (Phi) is 6.54. The predicted octanol–water partition coefficient (Wildman–Crippen LogP) is 2.46. The standard InChI is InChI=1S/C20H21F2N5O3S/c1-10(2)8-27-17-16(19(29)26(4)20(27)30)18(24-11(3)23-17)31-9-15(28)25-12-5-6-13(21)14(22)7-12/h5-7,10H,8-9H2,1-4H3,(H,25,28). The largest absolute Gasteiger partial charge is 0.332 e. The molecule has 164 valence electrons. The molecule has 1 N–H and O–H groups in total. The summed E-state index contributed by atoms with van der Waals surface area (Å²) in [6.07, 6.45) is 0. The summed E-state index contributed by atoms with van der Waals surface area (Å²) in [7, 11) is 1.38. The summed E-state index contributed by atoms with van der Waals surface area (Å²) in [6.45, 7) is 5.87. The first kappa shape index (κ1) is 22.6. The van der Waals surface area contributed by atoms with Gasteiger partial charge >= 0.3 is 5.69 Å². The van der Waals surface area contributed by atoms with Crippen LogP contribution in [0.25, 0.3) is 11.0 Å². The van der Waals surface area contributed by atoms with Crippen molar-refractivity contribution in [2.75, 3.05) is 11.1 Å². The Bertz CT molecular complexity index is 1290. The van der Waals surface area contributed by atoms with Crippen LogP contribution >= 0.6 is 11.8 Å². The minimum absolute atomic E-state index is 0.106. The highest BCUT2D eigenvalue weighted by molar-refractivity contribution is 8.00. The highest BCUT2D eigenvalue weighted by Crippen LogP contribution is 2.23. The number of thioether (sulfide) groups is 1. The van der Waals surface area contributed by atoms with E-state index in [4.69, 9.17) is 0 Å². The smallest absolute Gasteiger partial charge is 0.325 e. The Morgan fingerprint density at radius 1 is 1.19 bits per heavy atom. The number of rotatable bonds is 6. The Morgan fingerprint density at radius 2 is 1.90 bits per heavy atom. The lowest BCUT2D eigenvalue weighted by Gasteiger charge is -2.15. The topological polar surface area (TPSA) is 98.9 Å². The van der Waals surface area contributed by atoms with Crippen molar-refractivity contribution in [2.45, 2.75) is 32.3 Å². The van der Waals surface area contributed by atoms with Gasteiger partial charge in [0.05, 0.1) is 5.75 Å². The SMILES string of the molecule is Cc1nc(SCC(=O)Nc2ccc(F)c(F)c2)c2c(=O)n(C)c(=O)n(CC(C)C)c2n1. The molecule has 0 aliphatic rings. The second-order valence-corrected chi connectivity index (χ2v) is 8.36. The number of hydrogen-bond acceptors (Lipinski definition) is 6. The van der Waals surface area contributed by atoms with Gasteiger partial charge in [-0.25, -0.2) is 23.5 Å². The van der Waals surface area contributed by atoms with Crippen LogP contribution in [0.2, 0.25) is 0 Å². The third kappa shape index (κ3) is 4.82. The summed E-state index contributed by atoms with van der Waals surface area (Å²) in [6, 6.07) is 3.03. The predicted molar refractivity (Wildman–Crippen MR) is 114 cm³/mol. The quantitative estimate of drug-likeness (QED) is 0.459. The van der Waals surface area contributed by atoms with Crippen molar-refractivity contribution < 1.29 is 13.6 Å². The van der Waals surface area contributed by atoms with Crippen molar-refractivity contribution in [3.63, 3.8) is 0 Å².